The van der Waals surface area contributed by atoms with Crippen molar-refractivity contribution in [1.82, 2.24) is 29.6 Å². The summed E-state index contributed by atoms with van der Waals surface area (Å²) in [5.41, 5.74) is 7.54. The van der Waals surface area contributed by atoms with E-state index in [9.17, 15) is 4.79 Å². The molecule has 0 radical (unpaired) electrons. The van der Waals surface area contributed by atoms with Crippen LogP contribution in [0, 0.1) is 18.8 Å². The van der Waals surface area contributed by atoms with Crippen molar-refractivity contribution in [3.63, 3.8) is 0 Å². The third-order valence-electron chi connectivity index (χ3n) is 9.24. The molecule has 2 aliphatic carbocycles. The molecule has 9 nitrogen and oxygen atoms in total. The second-order valence-corrected chi connectivity index (χ2v) is 12.8. The fourth-order valence-electron chi connectivity index (χ4n) is 6.28. The van der Waals surface area contributed by atoms with Crippen LogP contribution in [0.25, 0.3) is 22.3 Å². The SMILES string of the molecule is Cc1cc(C(=O)/N=c2/[nH]c3ccc(N[C@H]4C[C@@H](N(C)C)C4)cc3[nH]2)cc(-c2cnn(C)c2CCCCC(C)C2CC2)n1. The molecule has 2 saturated carbocycles. The Morgan fingerprint density at radius 3 is 2.69 bits per heavy atom. The minimum atomic E-state index is -0.313. The quantitative estimate of drug-likeness (QED) is 0.204. The van der Waals surface area contributed by atoms with E-state index < -0.39 is 0 Å². The molecule has 6 rings (SSSR count). The molecule has 1 amide bonds. The van der Waals surface area contributed by atoms with Gasteiger partial charge < -0.3 is 20.2 Å². The molecule has 222 valence electrons. The summed E-state index contributed by atoms with van der Waals surface area (Å²) in [5.74, 6) is 1.48. The summed E-state index contributed by atoms with van der Waals surface area (Å²) < 4.78 is 1.95. The van der Waals surface area contributed by atoms with Crippen LogP contribution in [0.4, 0.5) is 5.69 Å². The lowest BCUT2D eigenvalue weighted by Gasteiger charge is -2.40. The molecule has 0 aliphatic heterocycles. The van der Waals surface area contributed by atoms with Crippen LogP contribution in [0.15, 0.2) is 41.5 Å². The van der Waals surface area contributed by atoms with Crippen LogP contribution in [0.5, 0.6) is 0 Å². The van der Waals surface area contributed by atoms with Crippen LogP contribution in [0.3, 0.4) is 0 Å². The number of aromatic amines is 2. The maximum Gasteiger partial charge on any atom is 0.280 e. The Balaban J connectivity index is 1.16. The number of aromatic nitrogens is 5. The second kappa shape index (κ2) is 11.9. The fraction of sp³-hybridized carbons (Fsp3) is 0.515. The number of unbranched alkanes of at least 4 members (excludes halogenated alkanes) is 1. The Labute approximate surface area is 247 Å². The fourth-order valence-corrected chi connectivity index (χ4v) is 6.28. The van der Waals surface area contributed by atoms with Gasteiger partial charge in [-0.15, -0.1) is 0 Å². The average molecular weight is 569 g/mol. The number of nitrogens with one attached hydrogen (secondary N) is 3. The lowest BCUT2D eigenvalue weighted by Crippen LogP contribution is -2.46. The average Bonchev–Trinajstić information content (AvgIpc) is 3.61. The molecular weight excluding hydrogens is 524 g/mol. The minimum absolute atomic E-state index is 0.313. The number of carbonyl (C=O) groups is 1. The zero-order valence-electron chi connectivity index (χ0n) is 25.6. The minimum Gasteiger partial charge on any atom is -0.382 e. The molecule has 3 N–H and O–H groups in total. The van der Waals surface area contributed by atoms with Crippen LogP contribution in [-0.4, -0.2) is 61.7 Å². The number of hydrogen-bond acceptors (Lipinski definition) is 5. The Hall–Kier alpha value is -3.72. The third kappa shape index (κ3) is 6.36. The highest BCUT2D eigenvalue weighted by molar-refractivity contribution is 5.96. The maximum absolute atomic E-state index is 13.3. The number of amides is 1. The van der Waals surface area contributed by atoms with Crippen molar-refractivity contribution in [2.75, 3.05) is 19.4 Å². The summed E-state index contributed by atoms with van der Waals surface area (Å²) in [5, 5.41) is 8.16. The van der Waals surface area contributed by atoms with Crippen molar-refractivity contribution in [3.05, 3.63) is 59.1 Å². The molecule has 2 aliphatic rings. The lowest BCUT2D eigenvalue weighted by molar-refractivity contribution is 0.0997. The number of imidazole rings is 1. The van der Waals surface area contributed by atoms with Crippen LogP contribution in [0.1, 0.15) is 73.6 Å². The highest BCUT2D eigenvalue weighted by Gasteiger charge is 2.30. The van der Waals surface area contributed by atoms with E-state index in [1.165, 1.54) is 25.7 Å². The van der Waals surface area contributed by atoms with Gasteiger partial charge in [-0.1, -0.05) is 19.8 Å². The van der Waals surface area contributed by atoms with Gasteiger partial charge in [0.15, 0.2) is 0 Å². The summed E-state index contributed by atoms with van der Waals surface area (Å²) in [6.45, 7) is 4.31. The summed E-state index contributed by atoms with van der Waals surface area (Å²) >= 11 is 0. The number of nitrogens with zero attached hydrogens (tertiary/aromatic N) is 5. The van der Waals surface area contributed by atoms with Crippen molar-refractivity contribution in [2.24, 2.45) is 23.9 Å². The smallest absolute Gasteiger partial charge is 0.280 e. The molecule has 1 aromatic carbocycles. The van der Waals surface area contributed by atoms with Gasteiger partial charge in [0.05, 0.1) is 22.9 Å². The van der Waals surface area contributed by atoms with Crippen LogP contribution < -0.4 is 10.9 Å². The predicted molar refractivity (Wildman–Crippen MR) is 167 cm³/mol. The molecule has 1 unspecified atom stereocenters. The first-order valence-corrected chi connectivity index (χ1v) is 15.5. The van der Waals surface area contributed by atoms with Gasteiger partial charge in [0, 0.05) is 47.3 Å². The highest BCUT2D eigenvalue weighted by atomic mass is 16.1. The zero-order chi connectivity index (χ0) is 29.4. The lowest BCUT2D eigenvalue weighted by atomic mass is 9.86. The number of pyridine rings is 1. The number of hydrogen-bond donors (Lipinski definition) is 3. The van der Waals surface area contributed by atoms with Crippen LogP contribution in [-0.2, 0) is 13.5 Å². The number of aryl methyl sites for hydroxylation is 2. The summed E-state index contributed by atoms with van der Waals surface area (Å²) in [6.07, 6.45) is 11.6. The van der Waals surface area contributed by atoms with E-state index in [4.69, 9.17) is 4.98 Å². The summed E-state index contributed by atoms with van der Waals surface area (Å²) in [4.78, 5) is 31.3. The first-order chi connectivity index (χ1) is 20.2. The molecule has 4 aromatic rings. The van der Waals surface area contributed by atoms with Gasteiger partial charge in [0.25, 0.3) is 5.91 Å². The van der Waals surface area contributed by atoms with Crippen LogP contribution in [0.2, 0.25) is 0 Å². The second-order valence-electron chi connectivity index (χ2n) is 12.8. The van der Waals surface area contributed by atoms with Gasteiger partial charge in [-0.25, -0.2) is 0 Å². The van der Waals surface area contributed by atoms with E-state index in [-0.39, 0.29) is 5.91 Å². The Bertz CT molecular complexity index is 1630. The van der Waals surface area contributed by atoms with E-state index in [0.717, 1.165) is 76.9 Å². The highest BCUT2D eigenvalue weighted by Crippen LogP contribution is 2.39. The number of anilines is 1. The van der Waals surface area contributed by atoms with E-state index >= 15 is 0 Å². The van der Waals surface area contributed by atoms with E-state index in [2.05, 4.69) is 63.4 Å². The molecule has 42 heavy (non-hydrogen) atoms. The molecule has 3 heterocycles. The van der Waals surface area contributed by atoms with Gasteiger partial charge in [-0.3, -0.25) is 14.5 Å². The number of carbonyl (C=O) groups excluding carboxylic acids is 1. The Morgan fingerprint density at radius 1 is 1.14 bits per heavy atom. The van der Waals surface area contributed by atoms with Crippen molar-refractivity contribution >= 4 is 22.6 Å². The monoisotopic (exact) mass is 568 g/mol. The van der Waals surface area contributed by atoms with Crippen LogP contribution >= 0.6 is 0 Å². The first kappa shape index (κ1) is 28.4. The first-order valence-electron chi connectivity index (χ1n) is 15.5. The molecule has 3 aromatic heterocycles. The van der Waals surface area contributed by atoms with Crippen molar-refractivity contribution in [1.29, 1.82) is 0 Å². The number of fused-ring (bicyclic) bond motifs is 1. The maximum atomic E-state index is 13.3. The van der Waals surface area contributed by atoms with Crippen molar-refractivity contribution < 1.29 is 4.79 Å². The standard InChI is InChI=1S/C33H44N8O/c1-20(22-10-11-22)8-6-7-9-31-27(19-34-41(31)5)29-15-23(14-21(2)35-29)32(42)39-33-37-28-13-12-24(18-30(28)38-33)36-25-16-26(17-25)40(3)4/h12-15,18-20,22,25-26,36H,6-11,16-17H2,1-5H3,(H2,37,38,39,42)/t20?,25-,26+. The van der Waals surface area contributed by atoms with Gasteiger partial charge in [0.1, 0.15) is 0 Å². The Morgan fingerprint density at radius 2 is 1.93 bits per heavy atom. The van der Waals surface area contributed by atoms with Gasteiger partial charge in [0.2, 0.25) is 5.62 Å². The molecule has 2 fully saturated rings. The topological polar surface area (TPSA) is 107 Å². The van der Waals surface area contributed by atoms with Crippen molar-refractivity contribution in [2.45, 2.75) is 77.3 Å². The third-order valence-corrected chi connectivity index (χ3v) is 9.24. The number of benzene rings is 1. The molecule has 1 atom stereocenters. The largest absolute Gasteiger partial charge is 0.382 e. The summed E-state index contributed by atoms with van der Waals surface area (Å²) in [7, 11) is 6.26. The van der Waals surface area contributed by atoms with E-state index in [0.29, 0.717) is 23.3 Å². The van der Waals surface area contributed by atoms with E-state index in [1.807, 2.05) is 37.0 Å². The molecular formula is C33H44N8O. The Kier molecular flexibility index (Phi) is 8.03. The molecule has 0 saturated heterocycles. The molecule has 0 spiro atoms. The summed E-state index contributed by atoms with van der Waals surface area (Å²) in [6, 6.07) is 10.9. The van der Waals surface area contributed by atoms with Gasteiger partial charge >= 0.3 is 0 Å². The zero-order valence-corrected chi connectivity index (χ0v) is 25.6. The van der Waals surface area contributed by atoms with Gasteiger partial charge in [-0.05, 0) is 102 Å². The molecule has 0 bridgehead atoms. The van der Waals surface area contributed by atoms with E-state index in [1.54, 1.807) is 6.07 Å². The number of H-pyrrole nitrogens is 2. The number of rotatable bonds is 11. The normalized spacial score (nSPS) is 19.8. The van der Waals surface area contributed by atoms with Crippen molar-refractivity contribution in [3.8, 4) is 11.3 Å². The van der Waals surface area contributed by atoms with Gasteiger partial charge in [-0.2, -0.15) is 10.1 Å². The molecule has 9 heteroatoms. The predicted octanol–water partition coefficient (Wildman–Crippen LogP) is 5.60.